The largest absolute Gasteiger partial charge is 0.496 e. The van der Waals surface area contributed by atoms with Crippen LogP contribution in [0.5, 0.6) is 5.75 Å². The second-order valence-corrected chi connectivity index (χ2v) is 9.11. The van der Waals surface area contributed by atoms with E-state index in [0.29, 0.717) is 24.6 Å². The summed E-state index contributed by atoms with van der Waals surface area (Å²) in [5.74, 6) is 1.68. The Morgan fingerprint density at radius 2 is 2.12 bits per heavy atom. The first-order valence-electron chi connectivity index (χ1n) is 11.2. The van der Waals surface area contributed by atoms with Gasteiger partial charge in [-0.2, -0.15) is 0 Å². The van der Waals surface area contributed by atoms with Gasteiger partial charge in [0.15, 0.2) is 0 Å². The van der Waals surface area contributed by atoms with Crippen LogP contribution < -0.4 is 10.1 Å². The SMILES string of the molecule is CCc1nc(-c2ccc(C)cc2OC)sc1NC(=O)OCc1ccc2c(c1)nc1n2CCOC1. The third-order valence-electron chi connectivity index (χ3n) is 5.79. The van der Waals surface area contributed by atoms with Gasteiger partial charge >= 0.3 is 6.09 Å². The molecule has 0 unspecified atom stereocenters. The lowest BCUT2D eigenvalue weighted by molar-refractivity contribution is 0.0830. The zero-order valence-electron chi connectivity index (χ0n) is 19.4. The van der Waals surface area contributed by atoms with Crippen molar-refractivity contribution in [3.05, 3.63) is 59.0 Å². The number of aryl methyl sites for hydroxylation is 2. The number of fused-ring (bicyclic) bond motifs is 3. The fraction of sp³-hybridized carbons (Fsp3) is 0.320. The first kappa shape index (κ1) is 22.4. The van der Waals surface area contributed by atoms with Crippen LogP contribution in [0.2, 0.25) is 0 Å². The number of hydrogen-bond donors (Lipinski definition) is 1. The van der Waals surface area contributed by atoms with E-state index in [4.69, 9.17) is 19.2 Å². The van der Waals surface area contributed by atoms with E-state index >= 15 is 0 Å². The van der Waals surface area contributed by atoms with E-state index in [9.17, 15) is 4.79 Å². The van der Waals surface area contributed by atoms with Gasteiger partial charge in [0.05, 0.1) is 36.0 Å². The average Bonchev–Trinajstić information content (AvgIpc) is 3.43. The Morgan fingerprint density at radius 3 is 2.94 bits per heavy atom. The Morgan fingerprint density at radius 1 is 1.24 bits per heavy atom. The molecule has 0 bridgehead atoms. The molecule has 0 saturated heterocycles. The molecule has 5 rings (SSSR count). The molecule has 4 aromatic rings. The Balaban J connectivity index is 1.28. The number of ether oxygens (including phenoxy) is 3. The maximum absolute atomic E-state index is 12.6. The number of imidazole rings is 1. The maximum Gasteiger partial charge on any atom is 0.412 e. The molecule has 1 N–H and O–H groups in total. The number of nitrogens with one attached hydrogen (secondary N) is 1. The van der Waals surface area contributed by atoms with Gasteiger partial charge in [-0.05, 0) is 48.7 Å². The number of anilines is 1. The van der Waals surface area contributed by atoms with Gasteiger partial charge in [-0.15, -0.1) is 0 Å². The lowest BCUT2D eigenvalue weighted by Gasteiger charge is -2.14. The Kier molecular flexibility index (Phi) is 6.21. The van der Waals surface area contributed by atoms with E-state index in [1.807, 2.05) is 50.2 Å². The fourth-order valence-electron chi connectivity index (χ4n) is 4.05. The Bertz CT molecular complexity index is 1360. The zero-order chi connectivity index (χ0) is 23.7. The number of thiazole rings is 1. The fourth-order valence-corrected chi connectivity index (χ4v) is 5.12. The van der Waals surface area contributed by atoms with E-state index in [0.717, 1.165) is 56.5 Å². The molecule has 0 aliphatic carbocycles. The molecule has 0 spiro atoms. The number of benzene rings is 2. The molecule has 34 heavy (non-hydrogen) atoms. The number of aromatic nitrogens is 3. The number of nitrogens with zero attached hydrogens (tertiary/aromatic N) is 3. The highest BCUT2D eigenvalue weighted by Crippen LogP contribution is 2.37. The summed E-state index contributed by atoms with van der Waals surface area (Å²) < 4.78 is 18.7. The zero-order valence-corrected chi connectivity index (χ0v) is 20.2. The van der Waals surface area contributed by atoms with Crippen molar-refractivity contribution in [1.82, 2.24) is 14.5 Å². The summed E-state index contributed by atoms with van der Waals surface area (Å²) in [6.07, 6.45) is 0.171. The molecule has 1 amide bonds. The van der Waals surface area contributed by atoms with Crippen molar-refractivity contribution in [1.29, 1.82) is 0 Å². The summed E-state index contributed by atoms with van der Waals surface area (Å²) >= 11 is 1.41. The van der Waals surface area contributed by atoms with E-state index in [1.165, 1.54) is 11.3 Å². The minimum Gasteiger partial charge on any atom is -0.496 e. The van der Waals surface area contributed by atoms with Gasteiger partial charge < -0.3 is 18.8 Å². The van der Waals surface area contributed by atoms with Crippen molar-refractivity contribution in [3.63, 3.8) is 0 Å². The van der Waals surface area contributed by atoms with Crippen LogP contribution in [0.25, 0.3) is 21.6 Å². The number of amides is 1. The summed E-state index contributed by atoms with van der Waals surface area (Å²) in [5, 5.41) is 4.34. The lowest BCUT2D eigenvalue weighted by Crippen LogP contribution is -2.16. The summed E-state index contributed by atoms with van der Waals surface area (Å²) in [6.45, 7) is 6.19. The number of hydrogen-bond acceptors (Lipinski definition) is 7. The van der Waals surface area contributed by atoms with Gasteiger partial charge in [-0.25, -0.2) is 14.8 Å². The summed E-state index contributed by atoms with van der Waals surface area (Å²) in [6, 6.07) is 11.9. The normalized spacial score (nSPS) is 13.0. The molecule has 9 heteroatoms. The standard InChI is InChI=1S/C25H26N4O4S/c1-4-18-24(34-23(27-18)17-7-5-15(2)11-21(17)31-3)28-25(30)33-13-16-6-8-20-19(12-16)26-22-14-32-10-9-29(20)22/h5-8,11-12H,4,9-10,13-14H2,1-3H3,(H,28,30). The van der Waals surface area contributed by atoms with Gasteiger partial charge in [0.25, 0.3) is 0 Å². The minimum absolute atomic E-state index is 0.152. The third kappa shape index (κ3) is 4.36. The van der Waals surface area contributed by atoms with Gasteiger partial charge in [-0.3, -0.25) is 5.32 Å². The summed E-state index contributed by atoms with van der Waals surface area (Å²) in [4.78, 5) is 21.9. The quantitative estimate of drug-likeness (QED) is 0.404. The van der Waals surface area contributed by atoms with Crippen LogP contribution in [0.15, 0.2) is 36.4 Å². The van der Waals surface area contributed by atoms with Crippen LogP contribution in [0.1, 0.15) is 29.6 Å². The van der Waals surface area contributed by atoms with Crippen LogP contribution in [0, 0.1) is 6.92 Å². The number of rotatable bonds is 6. The third-order valence-corrected chi connectivity index (χ3v) is 6.83. The second kappa shape index (κ2) is 9.44. The number of carbonyl (C=O) groups is 1. The second-order valence-electron chi connectivity index (χ2n) is 8.11. The van der Waals surface area contributed by atoms with Crippen molar-refractivity contribution in [2.24, 2.45) is 0 Å². The number of carbonyl (C=O) groups excluding carboxylic acids is 1. The Hall–Kier alpha value is -3.43. The van der Waals surface area contributed by atoms with E-state index < -0.39 is 6.09 Å². The summed E-state index contributed by atoms with van der Waals surface area (Å²) in [5.41, 5.74) is 5.65. The molecule has 0 radical (unpaired) electrons. The highest BCUT2D eigenvalue weighted by Gasteiger charge is 2.18. The minimum atomic E-state index is -0.515. The lowest BCUT2D eigenvalue weighted by atomic mass is 10.1. The van der Waals surface area contributed by atoms with E-state index in [-0.39, 0.29) is 6.61 Å². The van der Waals surface area contributed by atoms with Crippen molar-refractivity contribution >= 4 is 33.5 Å². The van der Waals surface area contributed by atoms with E-state index in [1.54, 1.807) is 7.11 Å². The average molecular weight is 479 g/mol. The first-order chi connectivity index (χ1) is 16.6. The molecule has 2 aromatic heterocycles. The highest BCUT2D eigenvalue weighted by atomic mass is 32.1. The summed E-state index contributed by atoms with van der Waals surface area (Å²) in [7, 11) is 1.65. The van der Waals surface area contributed by atoms with Crippen molar-refractivity contribution in [2.75, 3.05) is 19.0 Å². The monoisotopic (exact) mass is 478 g/mol. The van der Waals surface area contributed by atoms with E-state index in [2.05, 4.69) is 14.9 Å². The van der Waals surface area contributed by atoms with Gasteiger partial charge in [-0.1, -0.05) is 30.4 Å². The molecule has 0 saturated carbocycles. The van der Waals surface area contributed by atoms with Crippen LogP contribution in [0.3, 0.4) is 0 Å². The molecule has 3 heterocycles. The molecule has 1 aliphatic heterocycles. The van der Waals surface area contributed by atoms with Crippen LogP contribution in [-0.4, -0.2) is 34.3 Å². The molecule has 1 aliphatic rings. The predicted octanol–water partition coefficient (Wildman–Crippen LogP) is 5.32. The van der Waals surface area contributed by atoms with Gasteiger partial charge in [0.2, 0.25) is 0 Å². The topological polar surface area (TPSA) is 87.5 Å². The molecular weight excluding hydrogens is 452 g/mol. The Labute approximate surface area is 201 Å². The number of methoxy groups -OCH3 is 1. The van der Waals surface area contributed by atoms with Crippen LogP contribution in [-0.2, 0) is 35.7 Å². The van der Waals surface area contributed by atoms with Crippen molar-refractivity contribution < 1.29 is 19.0 Å². The maximum atomic E-state index is 12.6. The molecular formula is C25H26N4O4S. The molecule has 0 fully saturated rings. The molecule has 0 atom stereocenters. The van der Waals surface area contributed by atoms with Crippen LogP contribution in [0.4, 0.5) is 9.80 Å². The molecule has 176 valence electrons. The predicted molar refractivity (Wildman–Crippen MR) is 131 cm³/mol. The van der Waals surface area contributed by atoms with Gasteiger partial charge in [0.1, 0.15) is 34.8 Å². The smallest absolute Gasteiger partial charge is 0.412 e. The molecule has 2 aromatic carbocycles. The van der Waals surface area contributed by atoms with Crippen molar-refractivity contribution in [3.8, 4) is 16.3 Å². The molecule has 8 nitrogen and oxygen atoms in total. The van der Waals surface area contributed by atoms with Gasteiger partial charge in [0, 0.05) is 6.54 Å². The van der Waals surface area contributed by atoms with Crippen molar-refractivity contribution in [2.45, 2.75) is 40.0 Å². The first-order valence-corrected chi connectivity index (χ1v) is 12.0. The van der Waals surface area contributed by atoms with Crippen LogP contribution >= 0.6 is 11.3 Å². The highest BCUT2D eigenvalue weighted by molar-refractivity contribution is 7.19.